The smallest absolute Gasteiger partial charge is 0.416 e. The van der Waals surface area contributed by atoms with Crippen LogP contribution in [-0.4, -0.2) is 43.3 Å². The maximum atomic E-state index is 12.8. The Kier molecular flexibility index (Phi) is 7.15. The predicted octanol–water partition coefficient (Wildman–Crippen LogP) is 5.44. The van der Waals surface area contributed by atoms with Gasteiger partial charge in [0.1, 0.15) is 0 Å². The van der Waals surface area contributed by atoms with Gasteiger partial charge in [-0.1, -0.05) is 12.1 Å². The van der Waals surface area contributed by atoms with Gasteiger partial charge in [0, 0.05) is 24.6 Å². The topological polar surface area (TPSA) is 49.8 Å². The van der Waals surface area contributed by atoms with Gasteiger partial charge in [0.05, 0.1) is 30.4 Å². The molecule has 0 aliphatic carbocycles. The molecule has 1 heterocycles. The second-order valence-corrected chi connectivity index (χ2v) is 7.47. The average molecular weight is 443 g/mol. The van der Waals surface area contributed by atoms with Gasteiger partial charge in [-0.3, -0.25) is 0 Å². The zero-order valence-electron chi connectivity index (χ0n) is 16.5. The Hall–Kier alpha value is -2.68. The molecular formula is C22H22F5NO3. The number of aromatic carboxylic acids is 1. The molecule has 168 valence electrons. The number of ether oxygens (including phenoxy) is 1. The summed E-state index contributed by atoms with van der Waals surface area (Å²) in [5.74, 6) is -1.13. The highest BCUT2D eigenvalue weighted by Gasteiger charge is 2.35. The monoisotopic (exact) mass is 443 g/mol. The van der Waals surface area contributed by atoms with Gasteiger partial charge < -0.3 is 14.7 Å². The standard InChI is InChI=1S/C22H22F5NO3/c23-20(24)9-10-31-13-19-11-16(14-1-5-17(6-2-14)22(25,26)27)12-28(19)18-7-3-15(4-8-18)21(29)30/h1-8,16,19-20H,9-13H2,(H,29,30)/t16?,19-/m0/s1. The van der Waals surface area contributed by atoms with Crippen molar-refractivity contribution in [1.29, 1.82) is 0 Å². The van der Waals surface area contributed by atoms with Crippen molar-refractivity contribution >= 4 is 11.7 Å². The van der Waals surface area contributed by atoms with Crippen LogP contribution in [-0.2, 0) is 10.9 Å². The maximum Gasteiger partial charge on any atom is 0.416 e. The van der Waals surface area contributed by atoms with Crippen molar-refractivity contribution in [3.8, 4) is 0 Å². The molecule has 0 spiro atoms. The van der Waals surface area contributed by atoms with Crippen LogP contribution in [0.3, 0.4) is 0 Å². The van der Waals surface area contributed by atoms with E-state index < -0.39 is 24.1 Å². The van der Waals surface area contributed by atoms with Gasteiger partial charge in [0.2, 0.25) is 6.43 Å². The van der Waals surface area contributed by atoms with Crippen molar-refractivity contribution in [3.05, 3.63) is 65.2 Å². The van der Waals surface area contributed by atoms with Gasteiger partial charge >= 0.3 is 12.1 Å². The third-order valence-electron chi connectivity index (χ3n) is 5.36. The molecule has 1 N–H and O–H groups in total. The second kappa shape index (κ2) is 9.64. The van der Waals surface area contributed by atoms with Crippen LogP contribution in [0.5, 0.6) is 0 Å². The molecule has 1 aliphatic rings. The summed E-state index contributed by atoms with van der Waals surface area (Å²) in [5.41, 5.74) is 0.895. The van der Waals surface area contributed by atoms with E-state index in [1.807, 2.05) is 4.90 Å². The number of alkyl halides is 5. The van der Waals surface area contributed by atoms with Crippen LogP contribution in [0.15, 0.2) is 48.5 Å². The zero-order valence-corrected chi connectivity index (χ0v) is 16.5. The molecule has 0 saturated carbocycles. The minimum absolute atomic E-state index is 0.0786. The molecule has 2 atom stereocenters. The molecule has 0 radical (unpaired) electrons. The van der Waals surface area contributed by atoms with Gasteiger partial charge in [0.15, 0.2) is 0 Å². The molecule has 9 heteroatoms. The fourth-order valence-electron chi connectivity index (χ4n) is 3.76. The number of carboxylic acids is 1. The number of nitrogens with zero attached hydrogens (tertiary/aromatic N) is 1. The number of halogens is 5. The minimum atomic E-state index is -4.41. The SMILES string of the molecule is O=C(O)c1ccc(N2CC(c3ccc(C(F)(F)F)cc3)C[C@H]2COCCC(F)F)cc1. The molecule has 31 heavy (non-hydrogen) atoms. The Bertz CT molecular complexity index is 868. The fourth-order valence-corrected chi connectivity index (χ4v) is 3.76. The number of carbonyl (C=O) groups is 1. The van der Waals surface area contributed by atoms with E-state index in [1.165, 1.54) is 24.3 Å². The molecule has 0 bridgehead atoms. The average Bonchev–Trinajstić information content (AvgIpc) is 3.15. The summed E-state index contributed by atoms with van der Waals surface area (Å²) < 4.78 is 68.7. The van der Waals surface area contributed by atoms with Crippen molar-refractivity contribution in [1.82, 2.24) is 0 Å². The van der Waals surface area contributed by atoms with Crippen molar-refractivity contribution in [3.63, 3.8) is 0 Å². The Labute approximate surface area is 176 Å². The van der Waals surface area contributed by atoms with Crippen LogP contribution in [0.4, 0.5) is 27.6 Å². The Morgan fingerprint density at radius 3 is 2.29 bits per heavy atom. The number of hydrogen-bond acceptors (Lipinski definition) is 3. The highest BCUT2D eigenvalue weighted by molar-refractivity contribution is 5.88. The first-order valence-corrected chi connectivity index (χ1v) is 9.78. The second-order valence-electron chi connectivity index (χ2n) is 7.47. The third-order valence-corrected chi connectivity index (χ3v) is 5.36. The molecule has 1 unspecified atom stereocenters. The van der Waals surface area contributed by atoms with E-state index in [9.17, 15) is 26.7 Å². The lowest BCUT2D eigenvalue weighted by Crippen LogP contribution is -2.33. The van der Waals surface area contributed by atoms with Crippen molar-refractivity contribution in [2.24, 2.45) is 0 Å². The lowest BCUT2D eigenvalue weighted by Gasteiger charge is -2.27. The minimum Gasteiger partial charge on any atom is -0.478 e. The summed E-state index contributed by atoms with van der Waals surface area (Å²) in [4.78, 5) is 13.1. The molecule has 1 fully saturated rings. The molecule has 4 nitrogen and oxygen atoms in total. The number of hydrogen-bond donors (Lipinski definition) is 1. The molecule has 0 aromatic heterocycles. The molecule has 0 amide bonds. The van der Waals surface area contributed by atoms with Crippen LogP contribution in [0, 0.1) is 0 Å². The summed E-state index contributed by atoms with van der Waals surface area (Å²) >= 11 is 0. The summed E-state index contributed by atoms with van der Waals surface area (Å²) in [6, 6.07) is 11.1. The first-order valence-electron chi connectivity index (χ1n) is 9.78. The van der Waals surface area contributed by atoms with Crippen molar-refractivity contribution < 1.29 is 36.6 Å². The normalized spacial score (nSPS) is 19.2. The fraction of sp³-hybridized carbons (Fsp3) is 0.409. The first-order chi connectivity index (χ1) is 14.6. The van der Waals surface area contributed by atoms with Gasteiger partial charge in [-0.2, -0.15) is 13.2 Å². The summed E-state index contributed by atoms with van der Waals surface area (Å²) in [6.45, 7) is 0.579. The van der Waals surface area contributed by atoms with E-state index in [0.29, 0.717) is 13.0 Å². The highest BCUT2D eigenvalue weighted by atomic mass is 19.4. The lowest BCUT2D eigenvalue weighted by atomic mass is 9.95. The molecule has 2 aromatic rings. The quantitative estimate of drug-likeness (QED) is 0.436. The summed E-state index contributed by atoms with van der Waals surface area (Å²) in [6.07, 6.45) is -6.67. The predicted molar refractivity (Wildman–Crippen MR) is 105 cm³/mol. The van der Waals surface area contributed by atoms with Crippen LogP contribution >= 0.6 is 0 Å². The summed E-state index contributed by atoms with van der Waals surface area (Å²) in [7, 11) is 0. The Balaban J connectivity index is 1.76. The zero-order chi connectivity index (χ0) is 22.6. The van der Waals surface area contributed by atoms with Gasteiger partial charge in [-0.05, 0) is 48.4 Å². The van der Waals surface area contributed by atoms with Crippen LogP contribution in [0.1, 0.15) is 40.2 Å². The van der Waals surface area contributed by atoms with E-state index in [2.05, 4.69) is 0 Å². The molecule has 3 rings (SSSR count). The van der Waals surface area contributed by atoms with Crippen LogP contribution in [0.25, 0.3) is 0 Å². The van der Waals surface area contributed by atoms with E-state index in [1.54, 1.807) is 12.1 Å². The number of rotatable bonds is 8. The van der Waals surface area contributed by atoms with E-state index in [-0.39, 0.29) is 37.2 Å². The molecule has 1 aliphatic heterocycles. The molecule has 1 saturated heterocycles. The lowest BCUT2D eigenvalue weighted by molar-refractivity contribution is -0.137. The highest BCUT2D eigenvalue weighted by Crippen LogP contribution is 2.37. The number of anilines is 1. The summed E-state index contributed by atoms with van der Waals surface area (Å²) in [5, 5.41) is 9.08. The van der Waals surface area contributed by atoms with E-state index in [0.717, 1.165) is 23.4 Å². The van der Waals surface area contributed by atoms with E-state index >= 15 is 0 Å². The van der Waals surface area contributed by atoms with E-state index in [4.69, 9.17) is 9.84 Å². The number of benzene rings is 2. The van der Waals surface area contributed by atoms with Gasteiger partial charge in [-0.25, -0.2) is 13.6 Å². The van der Waals surface area contributed by atoms with Gasteiger partial charge in [0.25, 0.3) is 0 Å². The van der Waals surface area contributed by atoms with Gasteiger partial charge in [-0.15, -0.1) is 0 Å². The first kappa shape index (κ1) is 23.0. The third kappa shape index (κ3) is 5.94. The molecule has 2 aromatic carbocycles. The van der Waals surface area contributed by atoms with Crippen LogP contribution < -0.4 is 4.90 Å². The Morgan fingerprint density at radius 1 is 1.10 bits per heavy atom. The largest absolute Gasteiger partial charge is 0.478 e. The van der Waals surface area contributed by atoms with Crippen molar-refractivity contribution in [2.75, 3.05) is 24.7 Å². The number of carboxylic acid groups (broad SMARTS) is 1. The van der Waals surface area contributed by atoms with Crippen molar-refractivity contribution in [2.45, 2.75) is 37.4 Å². The van der Waals surface area contributed by atoms with Crippen LogP contribution in [0.2, 0.25) is 0 Å². The Morgan fingerprint density at radius 2 is 1.74 bits per heavy atom. The maximum absolute atomic E-state index is 12.8. The molecular weight excluding hydrogens is 421 g/mol.